The van der Waals surface area contributed by atoms with Gasteiger partial charge in [-0.05, 0) is 54.5 Å². The van der Waals surface area contributed by atoms with Gasteiger partial charge in [-0.3, -0.25) is 0 Å². The van der Waals surface area contributed by atoms with Crippen molar-refractivity contribution in [3.8, 4) is 22.2 Å². The quantitative estimate of drug-likeness (QED) is 0.383. The van der Waals surface area contributed by atoms with Crippen LogP contribution in [0.4, 0.5) is 0 Å². The maximum Gasteiger partial charge on any atom is 0.257 e. The van der Waals surface area contributed by atoms with Gasteiger partial charge >= 0.3 is 0 Å². The number of hydrogen-bond acceptors (Lipinski definition) is 9. The Morgan fingerprint density at radius 1 is 1.17 bits per heavy atom. The Morgan fingerprint density at radius 2 is 2.03 bits per heavy atom. The second-order valence-electron chi connectivity index (χ2n) is 6.13. The first-order chi connectivity index (χ1) is 14.2. The van der Waals surface area contributed by atoms with E-state index in [4.69, 9.17) is 9.15 Å². The number of ether oxygens (including phenoxy) is 1. The lowest BCUT2D eigenvalue weighted by Gasteiger charge is -2.10. The second kappa shape index (κ2) is 8.75. The maximum absolute atomic E-state index is 5.85. The molecule has 0 fully saturated rings. The fourth-order valence-corrected chi connectivity index (χ4v) is 4.60. The molecule has 3 heterocycles. The first kappa shape index (κ1) is 19.6. The van der Waals surface area contributed by atoms with Gasteiger partial charge in [-0.15, -0.1) is 26.6 Å². The third-order valence-corrected chi connectivity index (χ3v) is 6.45. The van der Waals surface area contributed by atoms with Crippen molar-refractivity contribution in [1.29, 1.82) is 0 Å². The third-order valence-electron chi connectivity index (χ3n) is 4.18. The van der Waals surface area contributed by atoms with Crippen LogP contribution < -0.4 is 4.74 Å². The minimum atomic E-state index is 0.467. The molecule has 0 aliphatic rings. The average Bonchev–Trinajstić information content (AvgIpc) is 3.46. The molecule has 8 nitrogen and oxygen atoms in total. The molecule has 1 aromatic carbocycles. The van der Waals surface area contributed by atoms with Crippen molar-refractivity contribution in [2.75, 3.05) is 6.61 Å². The van der Waals surface area contributed by atoms with Gasteiger partial charge in [0.2, 0.25) is 11.0 Å². The van der Waals surface area contributed by atoms with E-state index in [-0.39, 0.29) is 0 Å². The standard InChI is InChI=1S/C19H20N6O2S2/c1-4-15-12(3)10-16(29-15)18-21-20-17(27-18)11-28-19-22-23-24-25(19)13-8-6-7-9-14(13)26-5-2/h6-10H,4-5,11H2,1-3H3. The predicted molar refractivity (Wildman–Crippen MR) is 112 cm³/mol. The second-order valence-corrected chi connectivity index (χ2v) is 8.21. The molecule has 0 N–H and O–H groups in total. The van der Waals surface area contributed by atoms with E-state index in [9.17, 15) is 0 Å². The zero-order valence-electron chi connectivity index (χ0n) is 16.3. The van der Waals surface area contributed by atoms with E-state index in [2.05, 4.69) is 45.6 Å². The summed E-state index contributed by atoms with van der Waals surface area (Å²) in [5, 5.41) is 21.0. The average molecular weight is 429 g/mol. The van der Waals surface area contributed by atoms with Crippen LogP contribution in [0.25, 0.3) is 16.5 Å². The lowest BCUT2D eigenvalue weighted by Crippen LogP contribution is -2.03. The molecule has 0 saturated heterocycles. The Bertz CT molecular complexity index is 1100. The SMILES string of the molecule is CCOc1ccccc1-n1nnnc1SCc1nnc(-c2cc(C)c(CC)s2)o1. The van der Waals surface area contributed by atoms with E-state index in [1.807, 2.05) is 31.2 Å². The summed E-state index contributed by atoms with van der Waals surface area (Å²) in [5.74, 6) is 2.27. The number of tetrazole rings is 1. The summed E-state index contributed by atoms with van der Waals surface area (Å²) in [6.45, 7) is 6.75. The first-order valence-electron chi connectivity index (χ1n) is 9.25. The topological polar surface area (TPSA) is 91.8 Å². The van der Waals surface area contributed by atoms with Crippen LogP contribution in [0.2, 0.25) is 0 Å². The zero-order chi connectivity index (χ0) is 20.2. The van der Waals surface area contributed by atoms with Crippen molar-refractivity contribution in [3.05, 3.63) is 46.7 Å². The van der Waals surface area contributed by atoms with E-state index in [0.29, 0.717) is 29.3 Å². The molecular weight excluding hydrogens is 408 g/mol. The fraction of sp³-hybridized carbons (Fsp3) is 0.316. The number of nitrogens with zero attached hydrogens (tertiary/aromatic N) is 6. The van der Waals surface area contributed by atoms with Crippen molar-refractivity contribution in [2.45, 2.75) is 38.1 Å². The summed E-state index contributed by atoms with van der Waals surface area (Å²) < 4.78 is 13.2. The summed E-state index contributed by atoms with van der Waals surface area (Å²) in [6, 6.07) is 9.75. The smallest absolute Gasteiger partial charge is 0.257 e. The van der Waals surface area contributed by atoms with E-state index in [0.717, 1.165) is 22.7 Å². The molecule has 4 aromatic rings. The maximum atomic E-state index is 5.85. The third kappa shape index (κ3) is 4.18. The fourth-order valence-electron chi connectivity index (χ4n) is 2.84. The largest absolute Gasteiger partial charge is 0.492 e. The van der Waals surface area contributed by atoms with Crippen LogP contribution in [0.5, 0.6) is 5.75 Å². The van der Waals surface area contributed by atoms with E-state index < -0.39 is 0 Å². The number of benzene rings is 1. The number of thiophene rings is 1. The van der Waals surface area contributed by atoms with Crippen molar-refractivity contribution < 1.29 is 9.15 Å². The normalized spacial score (nSPS) is 11.1. The van der Waals surface area contributed by atoms with Crippen LogP contribution in [0.3, 0.4) is 0 Å². The Kier molecular flexibility index (Phi) is 5.91. The number of hydrogen-bond donors (Lipinski definition) is 0. The highest BCUT2D eigenvalue weighted by atomic mass is 32.2. The van der Waals surface area contributed by atoms with Crippen LogP contribution in [-0.2, 0) is 12.2 Å². The molecule has 29 heavy (non-hydrogen) atoms. The Hall–Kier alpha value is -2.72. The van der Waals surface area contributed by atoms with Crippen LogP contribution in [0, 0.1) is 6.92 Å². The van der Waals surface area contributed by atoms with E-state index in [1.54, 1.807) is 16.0 Å². The van der Waals surface area contributed by atoms with E-state index >= 15 is 0 Å². The van der Waals surface area contributed by atoms with Crippen LogP contribution >= 0.6 is 23.1 Å². The van der Waals surface area contributed by atoms with Crippen molar-refractivity contribution in [3.63, 3.8) is 0 Å². The van der Waals surface area contributed by atoms with Gasteiger partial charge in [-0.1, -0.05) is 30.8 Å². The molecule has 0 saturated carbocycles. The molecular formula is C19H20N6O2S2. The van der Waals surface area contributed by atoms with E-state index in [1.165, 1.54) is 22.2 Å². The number of thioether (sulfide) groups is 1. The molecule has 0 aliphatic heterocycles. The lowest BCUT2D eigenvalue weighted by atomic mass is 10.2. The summed E-state index contributed by atoms with van der Waals surface area (Å²) in [4.78, 5) is 2.33. The summed E-state index contributed by atoms with van der Waals surface area (Å²) in [6.07, 6.45) is 0.999. The van der Waals surface area contributed by atoms with Crippen LogP contribution in [0.1, 0.15) is 30.2 Å². The van der Waals surface area contributed by atoms with Gasteiger partial charge in [0.15, 0.2) is 0 Å². The monoisotopic (exact) mass is 428 g/mol. The molecule has 0 unspecified atom stereocenters. The highest BCUT2D eigenvalue weighted by Crippen LogP contribution is 2.32. The van der Waals surface area contributed by atoms with Gasteiger partial charge in [-0.25, -0.2) is 0 Å². The summed E-state index contributed by atoms with van der Waals surface area (Å²) in [7, 11) is 0. The number of aryl methyl sites for hydroxylation is 2. The minimum absolute atomic E-state index is 0.467. The molecule has 0 spiro atoms. The highest BCUT2D eigenvalue weighted by Gasteiger charge is 2.17. The Morgan fingerprint density at radius 3 is 2.83 bits per heavy atom. The Balaban J connectivity index is 1.50. The highest BCUT2D eigenvalue weighted by molar-refractivity contribution is 7.98. The Labute approximate surface area is 176 Å². The number of aromatic nitrogens is 6. The van der Waals surface area contributed by atoms with Gasteiger partial charge in [0.05, 0.1) is 17.2 Å². The molecule has 0 bridgehead atoms. The van der Waals surface area contributed by atoms with Crippen molar-refractivity contribution in [2.24, 2.45) is 0 Å². The van der Waals surface area contributed by atoms with Crippen LogP contribution in [-0.4, -0.2) is 37.0 Å². The lowest BCUT2D eigenvalue weighted by molar-refractivity contribution is 0.337. The molecule has 3 aromatic heterocycles. The summed E-state index contributed by atoms with van der Waals surface area (Å²) in [5.41, 5.74) is 2.04. The van der Waals surface area contributed by atoms with Gasteiger partial charge in [0.25, 0.3) is 5.89 Å². The minimum Gasteiger partial charge on any atom is -0.492 e. The van der Waals surface area contributed by atoms with Gasteiger partial charge in [-0.2, -0.15) is 4.68 Å². The molecule has 0 aliphatic carbocycles. The molecule has 0 atom stereocenters. The van der Waals surface area contributed by atoms with Gasteiger partial charge in [0.1, 0.15) is 11.4 Å². The summed E-state index contributed by atoms with van der Waals surface area (Å²) >= 11 is 3.12. The van der Waals surface area contributed by atoms with Crippen molar-refractivity contribution >= 4 is 23.1 Å². The molecule has 4 rings (SSSR count). The molecule has 150 valence electrons. The number of para-hydroxylation sites is 2. The number of rotatable bonds is 8. The van der Waals surface area contributed by atoms with Crippen LogP contribution in [0.15, 0.2) is 39.9 Å². The molecule has 0 radical (unpaired) electrons. The first-order valence-corrected chi connectivity index (χ1v) is 11.0. The predicted octanol–water partition coefficient (Wildman–Crippen LogP) is 4.34. The molecule has 10 heteroatoms. The van der Waals surface area contributed by atoms with Gasteiger partial charge in [0, 0.05) is 4.88 Å². The molecule has 0 amide bonds. The van der Waals surface area contributed by atoms with Crippen molar-refractivity contribution in [1.82, 2.24) is 30.4 Å². The van der Waals surface area contributed by atoms with Gasteiger partial charge < -0.3 is 9.15 Å². The zero-order valence-corrected chi connectivity index (χ0v) is 18.0.